The van der Waals surface area contributed by atoms with Crippen LogP contribution in [0, 0.1) is 0 Å². The van der Waals surface area contributed by atoms with E-state index in [4.69, 9.17) is 0 Å². The standard InChI is InChI=1S/C30H40O/c1-25(2)14-10-17-28(5)20-11-18-26(3)15-8-9-16-27(4)19-12-21-29(6)22-13-23-30(7)24-31/h8-9,11-16,18-24H,10,17H2,1-7H3. The fraction of sp³-hybridized carbons (Fsp3) is 0.300. The van der Waals surface area contributed by atoms with Gasteiger partial charge < -0.3 is 0 Å². The van der Waals surface area contributed by atoms with Crippen LogP contribution in [0.25, 0.3) is 0 Å². The normalized spacial score (nSPS) is 15.1. The van der Waals surface area contributed by atoms with Gasteiger partial charge in [-0.2, -0.15) is 0 Å². The van der Waals surface area contributed by atoms with Crippen molar-refractivity contribution in [2.75, 3.05) is 0 Å². The van der Waals surface area contributed by atoms with Crippen molar-refractivity contribution in [2.45, 2.75) is 61.3 Å². The summed E-state index contributed by atoms with van der Waals surface area (Å²) in [5.41, 5.74) is 7.02. The second-order valence-electron chi connectivity index (χ2n) is 8.06. The van der Waals surface area contributed by atoms with E-state index in [-0.39, 0.29) is 0 Å². The lowest BCUT2D eigenvalue weighted by molar-refractivity contribution is -0.104. The highest BCUT2D eigenvalue weighted by Gasteiger charge is 1.87. The van der Waals surface area contributed by atoms with Gasteiger partial charge >= 0.3 is 0 Å². The fourth-order valence-electron chi connectivity index (χ4n) is 2.36. The molecule has 0 spiro atoms. The second kappa shape index (κ2) is 17.9. The molecule has 0 bridgehead atoms. The van der Waals surface area contributed by atoms with Gasteiger partial charge in [0.15, 0.2) is 0 Å². The molecule has 0 amide bonds. The maximum atomic E-state index is 10.5. The quantitative estimate of drug-likeness (QED) is 0.134. The van der Waals surface area contributed by atoms with Crippen LogP contribution in [-0.4, -0.2) is 6.29 Å². The Bertz CT molecular complexity index is 852. The van der Waals surface area contributed by atoms with Crippen LogP contribution in [0.15, 0.2) is 119 Å². The van der Waals surface area contributed by atoms with Gasteiger partial charge in [0, 0.05) is 0 Å². The molecule has 0 heterocycles. The molecule has 1 heteroatoms. The molecule has 0 aromatic heterocycles. The highest BCUT2D eigenvalue weighted by Crippen LogP contribution is 2.07. The molecule has 31 heavy (non-hydrogen) atoms. The third-order valence-corrected chi connectivity index (χ3v) is 4.28. The van der Waals surface area contributed by atoms with E-state index in [2.05, 4.69) is 89.3 Å². The third kappa shape index (κ3) is 18.8. The Morgan fingerprint density at radius 2 is 0.968 bits per heavy atom. The number of carbonyl (C=O) groups is 1. The van der Waals surface area contributed by atoms with E-state index in [1.807, 2.05) is 31.2 Å². The number of hydrogen-bond donors (Lipinski definition) is 0. The molecule has 0 aliphatic rings. The van der Waals surface area contributed by atoms with E-state index >= 15 is 0 Å². The Balaban J connectivity index is 4.62. The minimum absolute atomic E-state index is 0.714. The number of allylic oxidation sites excluding steroid dienone is 20. The summed E-state index contributed by atoms with van der Waals surface area (Å²) < 4.78 is 0. The van der Waals surface area contributed by atoms with E-state index in [1.54, 1.807) is 13.0 Å². The molecule has 0 radical (unpaired) electrons. The maximum Gasteiger partial charge on any atom is 0.145 e. The molecule has 0 aromatic carbocycles. The summed E-state index contributed by atoms with van der Waals surface area (Å²) >= 11 is 0. The summed E-state index contributed by atoms with van der Waals surface area (Å²) in [6.45, 7) is 14.5. The van der Waals surface area contributed by atoms with Crippen molar-refractivity contribution >= 4 is 6.29 Å². The maximum absolute atomic E-state index is 10.5. The smallest absolute Gasteiger partial charge is 0.145 e. The van der Waals surface area contributed by atoms with Crippen LogP contribution in [0.3, 0.4) is 0 Å². The topological polar surface area (TPSA) is 17.1 Å². The van der Waals surface area contributed by atoms with Gasteiger partial charge in [-0.25, -0.2) is 0 Å². The van der Waals surface area contributed by atoms with Crippen molar-refractivity contribution in [1.82, 2.24) is 0 Å². The van der Waals surface area contributed by atoms with Crippen molar-refractivity contribution in [1.29, 1.82) is 0 Å². The van der Waals surface area contributed by atoms with Gasteiger partial charge in [-0.1, -0.05) is 113 Å². The minimum atomic E-state index is 0.714. The number of aldehydes is 1. The van der Waals surface area contributed by atoms with Crippen LogP contribution >= 0.6 is 0 Å². The molecule has 1 nitrogen and oxygen atoms in total. The second-order valence-corrected chi connectivity index (χ2v) is 8.06. The zero-order valence-corrected chi connectivity index (χ0v) is 20.5. The van der Waals surface area contributed by atoms with E-state index in [0.717, 1.165) is 24.7 Å². The van der Waals surface area contributed by atoms with Gasteiger partial charge in [-0.15, -0.1) is 0 Å². The van der Waals surface area contributed by atoms with E-state index in [9.17, 15) is 4.79 Å². The fourth-order valence-corrected chi connectivity index (χ4v) is 2.36. The zero-order valence-electron chi connectivity index (χ0n) is 20.5. The molecular weight excluding hydrogens is 376 g/mol. The van der Waals surface area contributed by atoms with Gasteiger partial charge in [0.1, 0.15) is 6.29 Å². The average molecular weight is 417 g/mol. The molecule has 0 rings (SSSR count). The molecule has 0 fully saturated rings. The molecule has 0 atom stereocenters. The van der Waals surface area contributed by atoms with E-state index in [1.165, 1.54) is 22.3 Å². The highest BCUT2D eigenvalue weighted by atomic mass is 16.1. The monoisotopic (exact) mass is 416 g/mol. The van der Waals surface area contributed by atoms with E-state index < -0.39 is 0 Å². The average Bonchev–Trinajstić information content (AvgIpc) is 2.70. The summed E-state index contributed by atoms with van der Waals surface area (Å²) in [6, 6.07) is 0. The van der Waals surface area contributed by atoms with Gasteiger partial charge in [0.25, 0.3) is 0 Å². The van der Waals surface area contributed by atoms with Crippen molar-refractivity contribution in [3.05, 3.63) is 119 Å². The predicted octanol–water partition coefficient (Wildman–Crippen LogP) is 8.89. The largest absolute Gasteiger partial charge is 0.298 e. The SMILES string of the molecule is CC(C)=CCCC(C)=CC=CC(C)=CC=CC=C(C)C=CC=C(C)C=CC=C(C)C=O. The molecule has 0 saturated carbocycles. The lowest BCUT2D eigenvalue weighted by Gasteiger charge is -1.96. The van der Waals surface area contributed by atoms with Crippen LogP contribution in [-0.2, 0) is 4.79 Å². The van der Waals surface area contributed by atoms with Gasteiger partial charge in [0.05, 0.1) is 0 Å². The summed E-state index contributed by atoms with van der Waals surface area (Å²) in [5.74, 6) is 0. The molecule has 166 valence electrons. The van der Waals surface area contributed by atoms with Crippen LogP contribution < -0.4 is 0 Å². The van der Waals surface area contributed by atoms with Crippen molar-refractivity contribution in [3.8, 4) is 0 Å². The number of hydrogen-bond acceptors (Lipinski definition) is 1. The lowest BCUT2D eigenvalue weighted by Crippen LogP contribution is -1.76. The van der Waals surface area contributed by atoms with Crippen molar-refractivity contribution in [3.63, 3.8) is 0 Å². The molecule has 0 aliphatic carbocycles. The van der Waals surface area contributed by atoms with Crippen molar-refractivity contribution in [2.24, 2.45) is 0 Å². The van der Waals surface area contributed by atoms with Gasteiger partial charge in [-0.3, -0.25) is 4.79 Å². The first-order valence-electron chi connectivity index (χ1n) is 10.9. The molecule has 0 aliphatic heterocycles. The Labute approximate surface area is 191 Å². The Morgan fingerprint density at radius 3 is 1.42 bits per heavy atom. The highest BCUT2D eigenvalue weighted by molar-refractivity contribution is 5.72. The first-order valence-corrected chi connectivity index (χ1v) is 10.9. The number of carbonyl (C=O) groups excluding carboxylic acids is 1. The first-order chi connectivity index (χ1) is 14.7. The number of rotatable bonds is 12. The molecule has 0 N–H and O–H groups in total. The predicted molar refractivity (Wildman–Crippen MR) is 140 cm³/mol. The van der Waals surface area contributed by atoms with E-state index in [0.29, 0.717) is 5.57 Å². The molecular formula is C30H40O. The van der Waals surface area contributed by atoms with Gasteiger partial charge in [-0.05, 0) is 66.9 Å². The summed E-state index contributed by atoms with van der Waals surface area (Å²) in [5, 5.41) is 0. The molecule has 0 saturated heterocycles. The first kappa shape index (κ1) is 28.1. The molecule has 0 unspecified atom stereocenters. The van der Waals surface area contributed by atoms with Crippen molar-refractivity contribution < 1.29 is 4.79 Å². The zero-order chi connectivity index (χ0) is 23.5. The molecule has 0 aromatic rings. The Hall–Kier alpha value is -2.93. The van der Waals surface area contributed by atoms with Gasteiger partial charge in [0.2, 0.25) is 0 Å². The Morgan fingerprint density at radius 1 is 0.548 bits per heavy atom. The van der Waals surface area contributed by atoms with Crippen LogP contribution in [0.5, 0.6) is 0 Å². The summed E-state index contributed by atoms with van der Waals surface area (Å²) in [4.78, 5) is 10.5. The summed E-state index contributed by atoms with van der Waals surface area (Å²) in [6.07, 6.45) is 32.0. The third-order valence-electron chi connectivity index (χ3n) is 4.28. The Kier molecular flexibility index (Phi) is 16.2. The van der Waals surface area contributed by atoms with Crippen LogP contribution in [0.2, 0.25) is 0 Å². The summed E-state index contributed by atoms with van der Waals surface area (Å²) in [7, 11) is 0. The van der Waals surface area contributed by atoms with Crippen LogP contribution in [0.1, 0.15) is 61.3 Å². The lowest BCUT2D eigenvalue weighted by atomic mass is 10.1. The minimum Gasteiger partial charge on any atom is -0.298 e. The van der Waals surface area contributed by atoms with Crippen LogP contribution in [0.4, 0.5) is 0 Å².